The summed E-state index contributed by atoms with van der Waals surface area (Å²) in [5.74, 6) is 0.245. The zero-order valence-corrected chi connectivity index (χ0v) is 13.3. The number of carbonyl (C=O) groups is 1. The van der Waals surface area contributed by atoms with E-state index < -0.39 is 0 Å². The number of aliphatic hydroxyl groups is 1. The Labute approximate surface area is 128 Å². The van der Waals surface area contributed by atoms with E-state index in [9.17, 15) is 4.79 Å². The summed E-state index contributed by atoms with van der Waals surface area (Å²) in [6.45, 7) is 5.97. The van der Waals surface area contributed by atoms with Crippen molar-refractivity contribution in [2.24, 2.45) is 0 Å². The molecule has 2 rings (SSSR count). The van der Waals surface area contributed by atoms with Crippen molar-refractivity contribution in [3.8, 4) is 10.6 Å². The third-order valence-electron chi connectivity index (χ3n) is 3.21. The number of carbonyl (C=O) groups excluding carboxylic acids is 1. The number of thiazole rings is 1. The lowest BCUT2D eigenvalue weighted by Gasteiger charge is -2.08. The molecule has 0 radical (unpaired) electrons. The zero-order valence-electron chi connectivity index (χ0n) is 12.5. The Bertz CT molecular complexity index is 605. The van der Waals surface area contributed by atoms with Gasteiger partial charge in [-0.2, -0.15) is 0 Å². The second kappa shape index (κ2) is 6.83. The van der Waals surface area contributed by atoms with Crippen LogP contribution in [-0.2, 0) is 0 Å². The van der Waals surface area contributed by atoms with E-state index in [-0.39, 0.29) is 18.6 Å². The van der Waals surface area contributed by atoms with Crippen molar-refractivity contribution in [1.29, 1.82) is 0 Å². The molecular formula is C16H20N2O2S. The van der Waals surface area contributed by atoms with E-state index in [1.54, 1.807) is 12.3 Å². The Kier molecular flexibility index (Phi) is 5.09. The predicted molar refractivity (Wildman–Crippen MR) is 85.7 cm³/mol. The Morgan fingerprint density at radius 2 is 1.95 bits per heavy atom. The molecule has 0 saturated heterocycles. The van der Waals surface area contributed by atoms with Crippen molar-refractivity contribution >= 4 is 17.2 Å². The summed E-state index contributed by atoms with van der Waals surface area (Å²) in [6.07, 6.45) is 0. The van der Waals surface area contributed by atoms with Crippen LogP contribution in [0, 0.1) is 0 Å². The summed E-state index contributed by atoms with van der Waals surface area (Å²) in [6, 6.07) is 7.98. The van der Waals surface area contributed by atoms with Gasteiger partial charge in [-0.05, 0) is 18.4 Å². The number of aliphatic hydroxyl groups excluding tert-OH is 1. The number of nitrogens with zero attached hydrogens (tertiary/aromatic N) is 1. The maximum absolute atomic E-state index is 11.9. The van der Waals surface area contributed by atoms with Crippen molar-refractivity contribution in [3.05, 3.63) is 40.9 Å². The topological polar surface area (TPSA) is 62.2 Å². The van der Waals surface area contributed by atoms with Gasteiger partial charge in [0.25, 0.3) is 5.91 Å². The molecule has 0 aliphatic carbocycles. The smallest absolute Gasteiger partial charge is 0.271 e. The van der Waals surface area contributed by atoms with Gasteiger partial charge >= 0.3 is 0 Å². The standard InChI is InChI=1S/C16H20N2O2S/c1-10(2)12-4-6-13(7-5-12)16-18-14(9-21-16)15(20)17-11(3)8-19/h4-7,9-11,19H,8H2,1-3H3,(H,17,20). The molecule has 4 nitrogen and oxygen atoms in total. The monoisotopic (exact) mass is 304 g/mol. The fourth-order valence-electron chi connectivity index (χ4n) is 1.86. The van der Waals surface area contributed by atoms with E-state index in [1.165, 1.54) is 16.9 Å². The molecule has 0 spiro atoms. The Balaban J connectivity index is 2.14. The van der Waals surface area contributed by atoms with Crippen LogP contribution in [0.2, 0.25) is 0 Å². The molecule has 1 aromatic heterocycles. The fraction of sp³-hybridized carbons (Fsp3) is 0.375. The molecule has 0 saturated carbocycles. The summed E-state index contributed by atoms with van der Waals surface area (Å²) in [5, 5.41) is 14.2. The number of hydrogen-bond acceptors (Lipinski definition) is 4. The van der Waals surface area contributed by atoms with Crippen molar-refractivity contribution in [3.63, 3.8) is 0 Å². The van der Waals surface area contributed by atoms with Gasteiger partial charge in [0.2, 0.25) is 0 Å². The molecule has 1 amide bonds. The zero-order chi connectivity index (χ0) is 15.4. The third kappa shape index (κ3) is 3.89. The molecule has 2 N–H and O–H groups in total. The maximum atomic E-state index is 11.9. The highest BCUT2D eigenvalue weighted by Gasteiger charge is 2.13. The number of benzene rings is 1. The van der Waals surface area contributed by atoms with Crippen LogP contribution in [0.15, 0.2) is 29.6 Å². The number of aromatic nitrogens is 1. The summed E-state index contributed by atoms with van der Waals surface area (Å²) >= 11 is 1.45. The fourth-order valence-corrected chi connectivity index (χ4v) is 2.67. The lowest BCUT2D eigenvalue weighted by atomic mass is 10.0. The molecule has 21 heavy (non-hydrogen) atoms. The largest absolute Gasteiger partial charge is 0.394 e. The minimum Gasteiger partial charge on any atom is -0.394 e. The highest BCUT2D eigenvalue weighted by atomic mass is 32.1. The van der Waals surface area contributed by atoms with E-state index in [1.807, 2.05) is 12.1 Å². The molecule has 1 unspecified atom stereocenters. The van der Waals surface area contributed by atoms with E-state index in [4.69, 9.17) is 5.11 Å². The lowest BCUT2D eigenvalue weighted by Crippen LogP contribution is -2.35. The first-order valence-electron chi connectivity index (χ1n) is 6.99. The predicted octanol–water partition coefficient (Wildman–Crippen LogP) is 3.04. The lowest BCUT2D eigenvalue weighted by molar-refractivity contribution is 0.0918. The number of hydrogen-bond donors (Lipinski definition) is 2. The molecule has 0 fully saturated rings. The average molecular weight is 304 g/mol. The quantitative estimate of drug-likeness (QED) is 0.892. The van der Waals surface area contributed by atoms with Gasteiger partial charge in [-0.25, -0.2) is 4.98 Å². The molecule has 1 aromatic carbocycles. The van der Waals surface area contributed by atoms with Gasteiger partial charge in [0, 0.05) is 17.0 Å². The highest BCUT2D eigenvalue weighted by molar-refractivity contribution is 7.13. The Hall–Kier alpha value is -1.72. The molecule has 0 aliphatic heterocycles. The van der Waals surface area contributed by atoms with Gasteiger partial charge in [0.15, 0.2) is 0 Å². The van der Waals surface area contributed by atoms with Crippen LogP contribution in [0.1, 0.15) is 42.7 Å². The average Bonchev–Trinajstić information content (AvgIpc) is 2.97. The van der Waals surface area contributed by atoms with Crippen molar-refractivity contribution < 1.29 is 9.90 Å². The first-order valence-corrected chi connectivity index (χ1v) is 7.86. The highest BCUT2D eigenvalue weighted by Crippen LogP contribution is 2.25. The van der Waals surface area contributed by atoms with Crippen LogP contribution in [0.3, 0.4) is 0 Å². The molecular weight excluding hydrogens is 284 g/mol. The SMILES string of the molecule is CC(CO)NC(=O)c1csc(-c2ccc(C(C)C)cc2)n1. The first-order chi connectivity index (χ1) is 10.0. The van der Waals surface area contributed by atoms with E-state index in [0.29, 0.717) is 11.6 Å². The number of nitrogens with one attached hydrogen (secondary N) is 1. The van der Waals surface area contributed by atoms with E-state index in [0.717, 1.165) is 10.6 Å². The van der Waals surface area contributed by atoms with Crippen LogP contribution in [0.4, 0.5) is 0 Å². The maximum Gasteiger partial charge on any atom is 0.271 e. The molecule has 5 heteroatoms. The van der Waals surface area contributed by atoms with Crippen LogP contribution in [0.25, 0.3) is 10.6 Å². The van der Waals surface area contributed by atoms with Gasteiger partial charge in [-0.3, -0.25) is 4.79 Å². The van der Waals surface area contributed by atoms with Crippen LogP contribution >= 0.6 is 11.3 Å². The summed E-state index contributed by atoms with van der Waals surface area (Å²) in [4.78, 5) is 16.3. The summed E-state index contributed by atoms with van der Waals surface area (Å²) < 4.78 is 0. The second-order valence-corrected chi connectivity index (χ2v) is 6.23. The van der Waals surface area contributed by atoms with Crippen LogP contribution in [0.5, 0.6) is 0 Å². The van der Waals surface area contributed by atoms with Gasteiger partial charge in [-0.1, -0.05) is 38.1 Å². The molecule has 1 heterocycles. The normalized spacial score (nSPS) is 12.4. The second-order valence-electron chi connectivity index (χ2n) is 5.37. The number of rotatable bonds is 5. The van der Waals surface area contributed by atoms with Gasteiger partial charge in [-0.15, -0.1) is 11.3 Å². The van der Waals surface area contributed by atoms with E-state index in [2.05, 4.69) is 36.3 Å². The summed E-state index contributed by atoms with van der Waals surface area (Å²) in [7, 11) is 0. The molecule has 0 bridgehead atoms. The molecule has 0 aliphatic rings. The van der Waals surface area contributed by atoms with Crippen LogP contribution < -0.4 is 5.32 Å². The van der Waals surface area contributed by atoms with Crippen molar-refractivity contribution in [1.82, 2.24) is 10.3 Å². The Morgan fingerprint density at radius 1 is 1.29 bits per heavy atom. The van der Waals surface area contributed by atoms with Gasteiger partial charge < -0.3 is 10.4 Å². The molecule has 2 aromatic rings. The summed E-state index contributed by atoms with van der Waals surface area (Å²) in [5.41, 5.74) is 2.69. The number of amides is 1. The first kappa shape index (κ1) is 15.7. The van der Waals surface area contributed by atoms with Crippen molar-refractivity contribution in [2.75, 3.05) is 6.61 Å². The van der Waals surface area contributed by atoms with Gasteiger partial charge in [0.1, 0.15) is 10.7 Å². The molecule has 112 valence electrons. The molecule has 1 atom stereocenters. The minimum atomic E-state index is -0.270. The third-order valence-corrected chi connectivity index (χ3v) is 4.10. The van der Waals surface area contributed by atoms with Gasteiger partial charge in [0.05, 0.1) is 6.61 Å². The van der Waals surface area contributed by atoms with Crippen LogP contribution in [-0.4, -0.2) is 28.6 Å². The Morgan fingerprint density at radius 3 is 2.52 bits per heavy atom. The minimum absolute atomic E-state index is 0.0839. The van der Waals surface area contributed by atoms with Crippen molar-refractivity contribution in [2.45, 2.75) is 32.7 Å². The van der Waals surface area contributed by atoms with E-state index >= 15 is 0 Å².